The molecule has 0 aromatic carbocycles. The molecule has 16 heteroatoms. The SMILES string of the molecule is O=C(O)C1CCC([N+](=O)[O-])CC1C(=O)OC1CCC(OCCCOC2CCC(OOCC3CC([N+](=O)[O-])CCC3COO)CC2)CC1. The molecule has 16 nitrogen and oxygen atoms in total. The number of carboxylic acids is 1. The summed E-state index contributed by atoms with van der Waals surface area (Å²) in [6, 6.07) is -1.53. The van der Waals surface area contributed by atoms with Gasteiger partial charge in [-0.2, -0.15) is 0 Å². The van der Waals surface area contributed by atoms with Crippen LogP contribution in [-0.2, 0) is 38.5 Å². The third kappa shape index (κ3) is 11.6. The van der Waals surface area contributed by atoms with Crippen molar-refractivity contribution >= 4 is 11.9 Å². The van der Waals surface area contributed by atoms with E-state index in [1.807, 2.05) is 0 Å². The number of aliphatic carboxylic acids is 1. The molecule has 268 valence electrons. The van der Waals surface area contributed by atoms with E-state index in [0.717, 1.165) is 32.1 Å². The number of carbonyl (C=O) groups excluding carboxylic acids is 1. The lowest BCUT2D eigenvalue weighted by Crippen LogP contribution is -2.42. The molecular weight excluding hydrogens is 624 g/mol. The number of carbonyl (C=O) groups is 2. The highest BCUT2D eigenvalue weighted by atomic mass is 17.2. The maximum atomic E-state index is 12.8. The van der Waals surface area contributed by atoms with Crippen LogP contribution in [0.5, 0.6) is 0 Å². The number of rotatable bonds is 17. The summed E-state index contributed by atoms with van der Waals surface area (Å²) >= 11 is 0. The number of esters is 1. The molecule has 4 fully saturated rings. The zero-order valence-corrected chi connectivity index (χ0v) is 26.9. The average Bonchev–Trinajstić information content (AvgIpc) is 3.06. The molecule has 0 radical (unpaired) electrons. The highest BCUT2D eigenvalue weighted by Gasteiger charge is 2.45. The van der Waals surface area contributed by atoms with Crippen LogP contribution < -0.4 is 0 Å². The molecule has 0 aliphatic heterocycles. The lowest BCUT2D eigenvalue weighted by molar-refractivity contribution is -0.530. The zero-order valence-electron chi connectivity index (χ0n) is 26.9. The third-order valence-electron chi connectivity index (χ3n) is 10.4. The molecule has 0 spiro atoms. The van der Waals surface area contributed by atoms with E-state index in [9.17, 15) is 34.9 Å². The Hall–Kier alpha value is -2.50. The van der Waals surface area contributed by atoms with E-state index in [1.165, 1.54) is 0 Å². The Bertz CT molecular complexity index is 1020. The van der Waals surface area contributed by atoms with Crippen LogP contribution in [0.2, 0.25) is 0 Å². The number of nitrogens with zero attached hydrogens (tertiary/aromatic N) is 2. The number of nitro groups is 2. The number of hydrogen-bond donors (Lipinski definition) is 2. The van der Waals surface area contributed by atoms with Gasteiger partial charge in [-0.05, 0) is 82.5 Å². The third-order valence-corrected chi connectivity index (χ3v) is 10.4. The van der Waals surface area contributed by atoms with Crippen molar-refractivity contribution in [2.75, 3.05) is 26.4 Å². The lowest BCUT2D eigenvalue weighted by atomic mass is 9.77. The minimum Gasteiger partial charge on any atom is -0.481 e. The van der Waals surface area contributed by atoms with Crippen LogP contribution in [-0.4, -0.2) is 95.1 Å². The van der Waals surface area contributed by atoms with Gasteiger partial charge < -0.3 is 19.3 Å². The predicted octanol–water partition coefficient (Wildman–Crippen LogP) is 4.22. The molecule has 47 heavy (non-hydrogen) atoms. The fourth-order valence-corrected chi connectivity index (χ4v) is 7.55. The number of carboxylic acid groups (broad SMARTS) is 1. The van der Waals surface area contributed by atoms with Gasteiger partial charge in [0.15, 0.2) is 0 Å². The second-order valence-electron chi connectivity index (χ2n) is 13.6. The summed E-state index contributed by atoms with van der Waals surface area (Å²) in [5, 5.41) is 40.8. The molecule has 4 rings (SSSR count). The standard InChI is InChI=1S/C31H50N2O14/c34-30(35)28-13-4-23(33(39)40)17-29(28)31(36)46-26-9-5-24(6-10-26)42-14-1-15-43-25-7-11-27(12-8-25)47-45-19-21-16-22(32(37)38)3-2-20(21)18-44-41/h20-29,41H,1-19H2,(H,34,35). The van der Waals surface area contributed by atoms with Gasteiger partial charge in [-0.1, -0.05) is 0 Å². The maximum Gasteiger partial charge on any atom is 0.310 e. The van der Waals surface area contributed by atoms with Crippen molar-refractivity contribution in [1.29, 1.82) is 0 Å². The van der Waals surface area contributed by atoms with Crippen molar-refractivity contribution in [3.63, 3.8) is 0 Å². The summed E-state index contributed by atoms with van der Waals surface area (Å²) in [7, 11) is 0. The summed E-state index contributed by atoms with van der Waals surface area (Å²) in [4.78, 5) is 61.6. The molecular formula is C31H50N2O14. The van der Waals surface area contributed by atoms with Crippen LogP contribution in [0.4, 0.5) is 0 Å². The molecule has 2 N–H and O–H groups in total. The molecule has 4 aliphatic carbocycles. The Balaban J connectivity index is 1.03. The molecule has 0 amide bonds. The van der Waals surface area contributed by atoms with Crippen LogP contribution in [0.3, 0.4) is 0 Å². The largest absolute Gasteiger partial charge is 0.481 e. The van der Waals surface area contributed by atoms with Crippen LogP contribution in [0.25, 0.3) is 0 Å². The second-order valence-corrected chi connectivity index (χ2v) is 13.6. The van der Waals surface area contributed by atoms with Gasteiger partial charge in [-0.25, -0.2) is 14.7 Å². The minimum atomic E-state index is -1.12. The number of ether oxygens (including phenoxy) is 3. The Labute approximate surface area is 273 Å². The van der Waals surface area contributed by atoms with Crippen molar-refractivity contribution in [3.05, 3.63) is 20.2 Å². The van der Waals surface area contributed by atoms with Crippen molar-refractivity contribution < 1.29 is 58.7 Å². The highest BCUT2D eigenvalue weighted by Crippen LogP contribution is 2.35. The Morgan fingerprint density at radius 2 is 1.21 bits per heavy atom. The highest BCUT2D eigenvalue weighted by molar-refractivity contribution is 5.81. The summed E-state index contributed by atoms with van der Waals surface area (Å²) in [5.74, 6) is -3.84. The first-order valence-electron chi connectivity index (χ1n) is 17.1. The van der Waals surface area contributed by atoms with Gasteiger partial charge in [-0.3, -0.25) is 35.1 Å². The Kier molecular flexibility index (Phi) is 15.0. The lowest BCUT2D eigenvalue weighted by Gasteiger charge is -2.32. The summed E-state index contributed by atoms with van der Waals surface area (Å²) < 4.78 is 17.7. The topological polar surface area (TPSA) is 216 Å². The van der Waals surface area contributed by atoms with E-state index in [2.05, 4.69) is 4.89 Å². The van der Waals surface area contributed by atoms with Crippen molar-refractivity contribution in [2.24, 2.45) is 23.7 Å². The monoisotopic (exact) mass is 674 g/mol. The minimum absolute atomic E-state index is 0.0107. The zero-order chi connectivity index (χ0) is 33.8. The first-order chi connectivity index (χ1) is 22.6. The van der Waals surface area contributed by atoms with Gasteiger partial charge >= 0.3 is 11.9 Å². The van der Waals surface area contributed by atoms with Crippen molar-refractivity contribution in [1.82, 2.24) is 0 Å². The molecule has 6 atom stereocenters. The Morgan fingerprint density at radius 1 is 0.660 bits per heavy atom. The van der Waals surface area contributed by atoms with Crippen molar-refractivity contribution in [2.45, 2.75) is 133 Å². The Morgan fingerprint density at radius 3 is 1.79 bits per heavy atom. The van der Waals surface area contributed by atoms with Crippen molar-refractivity contribution in [3.8, 4) is 0 Å². The van der Waals surface area contributed by atoms with Crippen LogP contribution >= 0.6 is 0 Å². The average molecular weight is 675 g/mol. The molecule has 0 heterocycles. The first kappa shape index (κ1) is 37.3. The normalized spacial score (nSPS) is 34.7. The van der Waals surface area contributed by atoms with E-state index in [0.29, 0.717) is 58.2 Å². The van der Waals surface area contributed by atoms with E-state index in [-0.39, 0.29) is 73.7 Å². The molecule has 4 saturated carbocycles. The molecule has 0 bridgehead atoms. The van der Waals surface area contributed by atoms with Gasteiger partial charge in [0.05, 0.1) is 43.4 Å². The molecule has 0 saturated heterocycles. The van der Waals surface area contributed by atoms with Crippen LogP contribution in [0.1, 0.15) is 96.3 Å². The van der Waals surface area contributed by atoms with Gasteiger partial charge in [0.2, 0.25) is 12.1 Å². The fraction of sp³-hybridized carbons (Fsp3) is 0.935. The smallest absolute Gasteiger partial charge is 0.310 e. The molecule has 0 aromatic rings. The van der Waals surface area contributed by atoms with E-state index >= 15 is 0 Å². The van der Waals surface area contributed by atoms with E-state index < -0.39 is 40.8 Å². The van der Waals surface area contributed by atoms with Crippen LogP contribution in [0, 0.1) is 43.9 Å². The van der Waals surface area contributed by atoms with Gasteiger partial charge in [0.1, 0.15) is 6.10 Å². The fourth-order valence-electron chi connectivity index (χ4n) is 7.55. The quantitative estimate of drug-likeness (QED) is 0.0726. The summed E-state index contributed by atoms with van der Waals surface area (Å²) in [6.45, 7) is 1.47. The predicted molar refractivity (Wildman–Crippen MR) is 161 cm³/mol. The van der Waals surface area contributed by atoms with E-state index in [1.54, 1.807) is 0 Å². The van der Waals surface area contributed by atoms with Crippen LogP contribution in [0.15, 0.2) is 0 Å². The summed E-state index contributed by atoms with van der Waals surface area (Å²) in [6.07, 6.45) is 7.97. The molecule has 6 unspecified atom stereocenters. The molecule has 0 aromatic heterocycles. The molecule has 4 aliphatic rings. The summed E-state index contributed by atoms with van der Waals surface area (Å²) in [5.41, 5.74) is 0. The van der Waals surface area contributed by atoms with Gasteiger partial charge in [0.25, 0.3) is 0 Å². The maximum absolute atomic E-state index is 12.8. The van der Waals surface area contributed by atoms with Gasteiger partial charge in [-0.15, -0.1) is 0 Å². The van der Waals surface area contributed by atoms with Gasteiger partial charge in [0, 0.05) is 48.7 Å². The van der Waals surface area contributed by atoms with E-state index in [4.69, 9.17) is 29.2 Å². The number of hydrogen-bond acceptors (Lipinski definition) is 13. The second kappa shape index (κ2) is 18.9. The first-order valence-corrected chi connectivity index (χ1v) is 17.1.